The van der Waals surface area contributed by atoms with Gasteiger partial charge in [-0.15, -0.1) is 0 Å². The minimum atomic E-state index is -3.44. The SMILES string of the molecule is CN(C)c1ccc(CN(C)S(=O)(=O)c2ccccc2)cc1. The Morgan fingerprint density at radius 3 is 1.95 bits per heavy atom. The highest BCUT2D eigenvalue weighted by Crippen LogP contribution is 2.18. The maximum absolute atomic E-state index is 12.4. The monoisotopic (exact) mass is 304 g/mol. The summed E-state index contributed by atoms with van der Waals surface area (Å²) < 4.78 is 26.2. The molecule has 0 unspecified atom stereocenters. The van der Waals surface area contributed by atoms with Gasteiger partial charge >= 0.3 is 0 Å². The van der Waals surface area contributed by atoms with Crippen molar-refractivity contribution in [1.29, 1.82) is 0 Å². The first-order chi connectivity index (χ1) is 9.91. The van der Waals surface area contributed by atoms with Gasteiger partial charge in [-0.1, -0.05) is 30.3 Å². The first-order valence-corrected chi connectivity index (χ1v) is 8.13. The summed E-state index contributed by atoms with van der Waals surface area (Å²) in [7, 11) is 2.11. The number of nitrogens with zero attached hydrogens (tertiary/aromatic N) is 2. The van der Waals surface area contributed by atoms with Crippen molar-refractivity contribution in [3.63, 3.8) is 0 Å². The van der Waals surface area contributed by atoms with Gasteiger partial charge in [0.2, 0.25) is 10.0 Å². The molecule has 4 nitrogen and oxygen atoms in total. The Kier molecular flexibility index (Phi) is 4.65. The third-order valence-corrected chi connectivity index (χ3v) is 5.13. The van der Waals surface area contributed by atoms with Crippen LogP contribution in [0.4, 0.5) is 5.69 Å². The molecule has 2 aromatic rings. The fourth-order valence-corrected chi connectivity index (χ4v) is 3.19. The molecule has 0 amide bonds. The van der Waals surface area contributed by atoms with Gasteiger partial charge in [-0.25, -0.2) is 8.42 Å². The Morgan fingerprint density at radius 2 is 1.43 bits per heavy atom. The summed E-state index contributed by atoms with van der Waals surface area (Å²) >= 11 is 0. The number of hydrogen-bond donors (Lipinski definition) is 0. The van der Waals surface area contributed by atoms with Crippen molar-refractivity contribution in [2.75, 3.05) is 26.0 Å². The molecule has 0 N–H and O–H groups in total. The highest BCUT2D eigenvalue weighted by atomic mass is 32.2. The van der Waals surface area contributed by atoms with Crippen LogP contribution in [0.3, 0.4) is 0 Å². The maximum Gasteiger partial charge on any atom is 0.243 e. The molecule has 0 bridgehead atoms. The van der Waals surface area contributed by atoms with Gasteiger partial charge in [0.15, 0.2) is 0 Å². The number of benzene rings is 2. The molecule has 2 aromatic carbocycles. The lowest BCUT2D eigenvalue weighted by atomic mass is 10.2. The molecule has 112 valence electrons. The number of rotatable bonds is 5. The minimum Gasteiger partial charge on any atom is -0.378 e. The van der Waals surface area contributed by atoms with E-state index in [2.05, 4.69) is 0 Å². The maximum atomic E-state index is 12.4. The topological polar surface area (TPSA) is 40.6 Å². The second-order valence-corrected chi connectivity index (χ2v) is 7.18. The lowest BCUT2D eigenvalue weighted by Gasteiger charge is -2.18. The van der Waals surface area contributed by atoms with E-state index >= 15 is 0 Å². The standard InChI is InChI=1S/C16H20N2O2S/c1-17(2)15-11-9-14(10-12-15)13-18(3)21(19,20)16-7-5-4-6-8-16/h4-12H,13H2,1-3H3. The Bertz CT molecular complexity index is 680. The summed E-state index contributed by atoms with van der Waals surface area (Å²) in [6, 6.07) is 16.4. The van der Waals surface area contributed by atoms with Gasteiger partial charge in [0.05, 0.1) is 4.90 Å². The Labute approximate surface area is 126 Å². The molecule has 0 spiro atoms. The van der Waals surface area contributed by atoms with Crippen LogP contribution >= 0.6 is 0 Å². The highest BCUT2D eigenvalue weighted by molar-refractivity contribution is 7.89. The smallest absolute Gasteiger partial charge is 0.243 e. The van der Waals surface area contributed by atoms with E-state index in [4.69, 9.17) is 0 Å². The second kappa shape index (κ2) is 6.28. The molecule has 2 rings (SSSR count). The Hall–Kier alpha value is -1.85. The Morgan fingerprint density at radius 1 is 0.857 bits per heavy atom. The molecule has 0 atom stereocenters. The minimum absolute atomic E-state index is 0.317. The molecule has 0 aliphatic rings. The van der Waals surface area contributed by atoms with Crippen LogP contribution < -0.4 is 4.90 Å². The third kappa shape index (κ3) is 3.62. The fourth-order valence-electron chi connectivity index (χ4n) is 2.01. The van der Waals surface area contributed by atoms with E-state index in [9.17, 15) is 8.42 Å². The zero-order valence-electron chi connectivity index (χ0n) is 12.5. The lowest BCUT2D eigenvalue weighted by Crippen LogP contribution is -2.26. The van der Waals surface area contributed by atoms with Crippen LogP contribution in [0.2, 0.25) is 0 Å². The van der Waals surface area contributed by atoms with E-state index in [1.807, 2.05) is 43.3 Å². The highest BCUT2D eigenvalue weighted by Gasteiger charge is 2.20. The van der Waals surface area contributed by atoms with Gasteiger partial charge in [-0.3, -0.25) is 0 Å². The predicted octanol–water partition coefficient (Wildman–Crippen LogP) is 2.57. The average molecular weight is 304 g/mol. The average Bonchev–Trinajstić information content (AvgIpc) is 2.48. The van der Waals surface area contributed by atoms with E-state index in [1.165, 1.54) is 4.31 Å². The van der Waals surface area contributed by atoms with Crippen LogP contribution in [0.15, 0.2) is 59.5 Å². The molecule has 0 aromatic heterocycles. The van der Waals surface area contributed by atoms with Crippen molar-refractivity contribution in [3.8, 4) is 0 Å². The summed E-state index contributed by atoms with van der Waals surface area (Å²) in [5.41, 5.74) is 2.05. The van der Waals surface area contributed by atoms with Crippen molar-refractivity contribution >= 4 is 15.7 Å². The van der Waals surface area contributed by atoms with Crippen LogP contribution in [0.5, 0.6) is 0 Å². The molecular weight excluding hydrogens is 284 g/mol. The molecule has 0 aliphatic heterocycles. The quantitative estimate of drug-likeness (QED) is 0.852. The van der Waals surface area contributed by atoms with Crippen molar-refractivity contribution in [3.05, 3.63) is 60.2 Å². The van der Waals surface area contributed by atoms with Gasteiger partial charge in [0.1, 0.15) is 0 Å². The van der Waals surface area contributed by atoms with Crippen LogP contribution in [0.1, 0.15) is 5.56 Å². The van der Waals surface area contributed by atoms with E-state index in [0.717, 1.165) is 11.3 Å². The molecule has 0 saturated carbocycles. The molecule has 21 heavy (non-hydrogen) atoms. The fraction of sp³-hybridized carbons (Fsp3) is 0.250. The van der Waals surface area contributed by atoms with Crippen LogP contribution in [0.25, 0.3) is 0 Å². The van der Waals surface area contributed by atoms with Crippen molar-refractivity contribution < 1.29 is 8.42 Å². The van der Waals surface area contributed by atoms with Gasteiger partial charge in [0.25, 0.3) is 0 Å². The first-order valence-electron chi connectivity index (χ1n) is 6.69. The first kappa shape index (κ1) is 15.5. The molecule has 0 aliphatic carbocycles. The summed E-state index contributed by atoms with van der Waals surface area (Å²) in [5, 5.41) is 0. The van der Waals surface area contributed by atoms with Gasteiger partial charge in [-0.05, 0) is 29.8 Å². The lowest BCUT2D eigenvalue weighted by molar-refractivity contribution is 0.467. The normalized spacial score (nSPS) is 11.6. The number of hydrogen-bond acceptors (Lipinski definition) is 3. The third-order valence-electron chi connectivity index (χ3n) is 3.31. The van der Waals surface area contributed by atoms with Crippen LogP contribution in [-0.2, 0) is 16.6 Å². The van der Waals surface area contributed by atoms with E-state index < -0.39 is 10.0 Å². The molecule has 0 heterocycles. The van der Waals surface area contributed by atoms with Crippen LogP contribution in [0, 0.1) is 0 Å². The Balaban J connectivity index is 2.16. The molecular formula is C16H20N2O2S. The molecule has 0 fully saturated rings. The second-order valence-electron chi connectivity index (χ2n) is 5.14. The summed E-state index contributed by atoms with van der Waals surface area (Å²) in [6.07, 6.45) is 0. The zero-order valence-corrected chi connectivity index (χ0v) is 13.3. The largest absolute Gasteiger partial charge is 0.378 e. The van der Waals surface area contributed by atoms with Gasteiger partial charge in [0, 0.05) is 33.4 Å². The van der Waals surface area contributed by atoms with Crippen molar-refractivity contribution in [2.24, 2.45) is 0 Å². The zero-order chi connectivity index (χ0) is 15.5. The van der Waals surface area contributed by atoms with Crippen molar-refractivity contribution in [2.45, 2.75) is 11.4 Å². The van der Waals surface area contributed by atoms with E-state index in [1.54, 1.807) is 37.4 Å². The molecule has 0 saturated heterocycles. The predicted molar refractivity (Wildman–Crippen MR) is 85.9 cm³/mol. The summed E-state index contributed by atoms with van der Waals surface area (Å²) in [6.45, 7) is 0.352. The molecule has 0 radical (unpaired) electrons. The van der Waals surface area contributed by atoms with Crippen molar-refractivity contribution in [1.82, 2.24) is 4.31 Å². The van der Waals surface area contributed by atoms with Gasteiger partial charge < -0.3 is 4.90 Å². The van der Waals surface area contributed by atoms with Crippen LogP contribution in [-0.4, -0.2) is 33.9 Å². The molecule has 5 heteroatoms. The van der Waals surface area contributed by atoms with Gasteiger partial charge in [-0.2, -0.15) is 4.31 Å². The summed E-state index contributed by atoms with van der Waals surface area (Å²) in [4.78, 5) is 2.33. The summed E-state index contributed by atoms with van der Waals surface area (Å²) in [5.74, 6) is 0. The van der Waals surface area contributed by atoms with E-state index in [-0.39, 0.29) is 0 Å². The number of anilines is 1. The van der Waals surface area contributed by atoms with E-state index in [0.29, 0.717) is 11.4 Å². The number of sulfonamides is 1.